The van der Waals surface area contributed by atoms with Gasteiger partial charge in [0.25, 0.3) is 0 Å². The van der Waals surface area contributed by atoms with E-state index in [0.717, 1.165) is 28.4 Å². The van der Waals surface area contributed by atoms with E-state index >= 15 is 0 Å². The molecule has 0 aliphatic rings. The molecule has 0 saturated carbocycles. The minimum atomic E-state index is -0.865. The van der Waals surface area contributed by atoms with Gasteiger partial charge in [-0.05, 0) is 95.1 Å². The first-order valence-electron chi connectivity index (χ1n) is 20.2. The Balaban J connectivity index is 1.43. The maximum absolute atomic E-state index is 13.5. The van der Waals surface area contributed by atoms with E-state index in [1.54, 1.807) is 44.2 Å². The van der Waals surface area contributed by atoms with Crippen molar-refractivity contribution in [1.29, 1.82) is 0 Å². The zero-order valence-corrected chi connectivity index (χ0v) is 37.1. The zero-order chi connectivity index (χ0) is 46.5. The van der Waals surface area contributed by atoms with E-state index in [4.69, 9.17) is 37.9 Å². The van der Waals surface area contributed by atoms with Crippen LogP contribution in [0.3, 0.4) is 0 Å². The van der Waals surface area contributed by atoms with Gasteiger partial charge in [0.05, 0.1) is 41.6 Å². The van der Waals surface area contributed by atoms with Crippen LogP contribution in [0, 0.1) is 0 Å². The first kappa shape index (κ1) is 49.8. The van der Waals surface area contributed by atoms with Crippen LogP contribution in [0.25, 0.3) is 10.2 Å². The molecule has 1 unspecified atom stereocenters. The molecule has 4 aromatic rings. The molecule has 3 aromatic carbocycles. The summed E-state index contributed by atoms with van der Waals surface area (Å²) in [6.07, 6.45) is 5.10. The van der Waals surface area contributed by atoms with Crippen molar-refractivity contribution in [2.45, 2.75) is 70.7 Å². The van der Waals surface area contributed by atoms with Crippen LogP contribution in [0.15, 0.2) is 110 Å². The van der Waals surface area contributed by atoms with Crippen molar-refractivity contribution in [2.75, 3.05) is 38.5 Å². The van der Waals surface area contributed by atoms with Gasteiger partial charge in [0.15, 0.2) is 6.10 Å². The molecule has 64 heavy (non-hydrogen) atoms. The molecule has 16 nitrogen and oxygen atoms in total. The second-order valence-corrected chi connectivity index (χ2v) is 16.1. The standard InChI is InChI=1S/C47H53N3O13S/c1-8-40(51)57-25-14-13-24-56-29-36(60-43(54)23-26-58-41(52)9-2)30-59-34-19-17-32(18-20-34)44(55)61-38-22-21-35(62-46(4,5)31-47(6,7)63-42(53)10-3)27-33(38)28-48-50-45-49-37-15-11-12-16-39(37)64-45/h8-12,15-22,27-28,36H,1-3,13-14,23-26,29-31H2,4-7H3,(H,49,50)/b48-28+. The topological polar surface area (TPSA) is 196 Å². The predicted molar refractivity (Wildman–Crippen MR) is 241 cm³/mol. The van der Waals surface area contributed by atoms with Gasteiger partial charge in [-0.15, -0.1) is 0 Å². The fraction of sp³-hybridized carbons (Fsp3) is 0.340. The molecule has 1 heterocycles. The van der Waals surface area contributed by atoms with Crippen LogP contribution in [-0.4, -0.2) is 91.4 Å². The van der Waals surface area contributed by atoms with Crippen LogP contribution in [0.2, 0.25) is 0 Å². The number of unbranched alkanes of at least 4 members (excludes halogenated alkanes) is 1. The Morgan fingerprint density at radius 1 is 0.797 bits per heavy atom. The molecule has 0 aliphatic carbocycles. The summed E-state index contributed by atoms with van der Waals surface area (Å²) in [7, 11) is 0. The van der Waals surface area contributed by atoms with Gasteiger partial charge < -0.3 is 37.9 Å². The molecule has 0 saturated heterocycles. The lowest BCUT2D eigenvalue weighted by molar-refractivity contribution is -0.156. The lowest BCUT2D eigenvalue weighted by Gasteiger charge is -2.34. The number of benzene rings is 3. The van der Waals surface area contributed by atoms with Gasteiger partial charge in [-0.2, -0.15) is 5.10 Å². The summed E-state index contributed by atoms with van der Waals surface area (Å²) in [5.74, 6) is -2.04. The maximum atomic E-state index is 13.5. The molecule has 1 N–H and O–H groups in total. The summed E-state index contributed by atoms with van der Waals surface area (Å²) < 4.78 is 45.7. The number of carbonyl (C=O) groups is 5. The number of fused-ring (bicyclic) bond motifs is 1. The minimum absolute atomic E-state index is 0.0126. The fourth-order valence-corrected chi connectivity index (χ4v) is 6.85. The molecule has 0 radical (unpaired) electrons. The Labute approximate surface area is 375 Å². The predicted octanol–water partition coefficient (Wildman–Crippen LogP) is 7.95. The summed E-state index contributed by atoms with van der Waals surface area (Å²) in [6, 6.07) is 18.8. The van der Waals surface area contributed by atoms with Crippen LogP contribution in [0.1, 0.15) is 69.3 Å². The lowest BCUT2D eigenvalue weighted by Crippen LogP contribution is -2.40. The lowest BCUT2D eigenvalue weighted by atomic mass is 9.92. The van der Waals surface area contributed by atoms with E-state index in [9.17, 15) is 24.0 Å². The molecule has 340 valence electrons. The van der Waals surface area contributed by atoms with Gasteiger partial charge in [-0.25, -0.2) is 24.2 Å². The molecular weight excluding hydrogens is 847 g/mol. The monoisotopic (exact) mass is 899 g/mol. The van der Waals surface area contributed by atoms with E-state index in [1.165, 1.54) is 29.7 Å². The van der Waals surface area contributed by atoms with Crippen LogP contribution in [-0.2, 0) is 42.9 Å². The number of anilines is 1. The molecule has 17 heteroatoms. The number of carbonyl (C=O) groups excluding carboxylic acids is 5. The normalized spacial score (nSPS) is 11.8. The van der Waals surface area contributed by atoms with E-state index in [0.29, 0.717) is 48.1 Å². The van der Waals surface area contributed by atoms with Crippen LogP contribution >= 0.6 is 11.3 Å². The quantitative estimate of drug-likeness (QED) is 0.0115. The van der Waals surface area contributed by atoms with Crippen molar-refractivity contribution >= 4 is 62.7 Å². The average molecular weight is 900 g/mol. The van der Waals surface area contributed by atoms with Gasteiger partial charge in [0.2, 0.25) is 5.13 Å². The number of hydrogen-bond acceptors (Lipinski definition) is 17. The fourth-order valence-electron chi connectivity index (χ4n) is 6.03. The Kier molecular flexibility index (Phi) is 19.2. The number of thiazole rings is 1. The molecule has 0 fully saturated rings. The van der Waals surface area contributed by atoms with Crippen molar-refractivity contribution in [1.82, 2.24) is 4.98 Å². The highest BCUT2D eigenvalue weighted by atomic mass is 32.1. The number of hydrazone groups is 1. The Hall–Kier alpha value is -6.85. The average Bonchev–Trinajstić information content (AvgIpc) is 3.68. The summed E-state index contributed by atoms with van der Waals surface area (Å²) in [6.45, 7) is 17.6. The molecule has 0 aliphatic heterocycles. The van der Waals surface area contributed by atoms with Gasteiger partial charge in [-0.1, -0.05) is 43.2 Å². The third-order valence-electron chi connectivity index (χ3n) is 8.57. The van der Waals surface area contributed by atoms with Crippen LogP contribution in [0.5, 0.6) is 17.2 Å². The first-order chi connectivity index (χ1) is 30.6. The van der Waals surface area contributed by atoms with Crippen LogP contribution < -0.4 is 19.6 Å². The Bertz CT molecular complexity index is 2250. The van der Waals surface area contributed by atoms with Gasteiger partial charge in [0.1, 0.15) is 41.7 Å². The maximum Gasteiger partial charge on any atom is 0.343 e. The Morgan fingerprint density at radius 2 is 1.47 bits per heavy atom. The zero-order valence-electron chi connectivity index (χ0n) is 36.3. The number of ether oxygens (including phenoxy) is 8. The smallest absolute Gasteiger partial charge is 0.343 e. The number of hydrogen-bond donors (Lipinski definition) is 1. The molecule has 1 atom stereocenters. The largest absolute Gasteiger partial charge is 0.490 e. The van der Waals surface area contributed by atoms with E-state index in [-0.39, 0.29) is 44.2 Å². The summed E-state index contributed by atoms with van der Waals surface area (Å²) in [4.78, 5) is 65.1. The number of nitrogens with zero attached hydrogens (tertiary/aromatic N) is 2. The number of aromatic nitrogens is 1. The number of rotatable bonds is 27. The van der Waals surface area contributed by atoms with Crippen molar-refractivity contribution in [3.05, 3.63) is 116 Å². The van der Waals surface area contributed by atoms with Crippen LogP contribution in [0.4, 0.5) is 5.13 Å². The summed E-state index contributed by atoms with van der Waals surface area (Å²) in [5, 5.41) is 4.94. The highest BCUT2D eigenvalue weighted by Gasteiger charge is 2.33. The molecule has 0 spiro atoms. The van der Waals surface area contributed by atoms with Crippen molar-refractivity contribution in [2.24, 2.45) is 5.10 Å². The number of nitrogens with one attached hydrogen (secondary N) is 1. The second kappa shape index (κ2) is 24.7. The minimum Gasteiger partial charge on any atom is -0.490 e. The highest BCUT2D eigenvalue weighted by Crippen LogP contribution is 2.32. The van der Waals surface area contributed by atoms with Gasteiger partial charge in [-0.3, -0.25) is 10.2 Å². The molecular formula is C47H53N3O13S. The molecule has 0 bridgehead atoms. The molecule has 0 amide bonds. The van der Waals surface area contributed by atoms with Gasteiger partial charge in [0, 0.05) is 36.8 Å². The third-order valence-corrected chi connectivity index (χ3v) is 9.51. The van der Waals surface area contributed by atoms with E-state index < -0.39 is 47.2 Å². The number of para-hydroxylation sites is 1. The van der Waals surface area contributed by atoms with E-state index in [2.05, 4.69) is 35.2 Å². The van der Waals surface area contributed by atoms with Crippen molar-refractivity contribution in [3.63, 3.8) is 0 Å². The van der Waals surface area contributed by atoms with Crippen molar-refractivity contribution in [3.8, 4) is 17.2 Å². The highest BCUT2D eigenvalue weighted by molar-refractivity contribution is 7.22. The molecule has 1 aromatic heterocycles. The summed E-state index contributed by atoms with van der Waals surface area (Å²) in [5.41, 5.74) is 2.72. The molecule has 4 rings (SSSR count). The van der Waals surface area contributed by atoms with E-state index in [1.807, 2.05) is 38.1 Å². The van der Waals surface area contributed by atoms with Gasteiger partial charge >= 0.3 is 29.8 Å². The summed E-state index contributed by atoms with van der Waals surface area (Å²) >= 11 is 1.43. The Morgan fingerprint density at radius 3 is 2.17 bits per heavy atom. The number of esters is 5. The third kappa shape index (κ3) is 17.5. The first-order valence-corrected chi connectivity index (χ1v) is 21.0. The van der Waals surface area contributed by atoms with Crippen molar-refractivity contribution < 1.29 is 61.9 Å². The SMILES string of the molecule is C=CC(=O)OCCCCOCC(COc1ccc(C(=O)Oc2ccc(OC(C)(C)CC(C)(C)OC(=O)C=C)cc2/C=N/Nc2nc3ccccc3s2)cc1)OC(=O)CCOC(=O)C=C. The second-order valence-electron chi connectivity index (χ2n) is 15.1.